The molecule has 1 aromatic heterocycles. The van der Waals surface area contributed by atoms with Crippen molar-refractivity contribution < 1.29 is 0 Å². The highest BCUT2D eigenvalue weighted by molar-refractivity contribution is 7.13. The van der Waals surface area contributed by atoms with E-state index >= 15 is 0 Å². The van der Waals surface area contributed by atoms with Crippen molar-refractivity contribution in [1.29, 1.82) is 0 Å². The van der Waals surface area contributed by atoms with Gasteiger partial charge in [0, 0.05) is 30.4 Å². The third-order valence-corrected chi connectivity index (χ3v) is 3.80. The molecule has 2 heterocycles. The molecule has 1 aliphatic heterocycles. The van der Waals surface area contributed by atoms with Gasteiger partial charge in [0.25, 0.3) is 0 Å². The van der Waals surface area contributed by atoms with Gasteiger partial charge in [-0.15, -0.1) is 11.3 Å². The monoisotopic (exact) mass is 235 g/mol. The second kappa shape index (κ2) is 4.70. The maximum absolute atomic E-state index is 6.01. The van der Waals surface area contributed by atoms with Crippen LogP contribution in [0.3, 0.4) is 0 Å². The smallest absolute Gasteiger partial charge is 0.185 e. The molecule has 0 amide bonds. The van der Waals surface area contributed by atoms with Gasteiger partial charge in [0.2, 0.25) is 0 Å². The molecular weight excluding hydrogens is 218 g/mol. The molecule has 1 aromatic rings. The first-order valence-corrected chi connectivity index (χ1v) is 6.35. The zero-order chi connectivity index (χ0) is 11.5. The topological polar surface area (TPSA) is 42.1 Å². The molecule has 0 saturated heterocycles. The highest BCUT2D eigenvalue weighted by Gasteiger charge is 2.19. The molecule has 0 aromatic carbocycles. The van der Waals surface area contributed by atoms with E-state index in [1.165, 1.54) is 11.1 Å². The van der Waals surface area contributed by atoms with E-state index in [4.69, 9.17) is 5.73 Å². The number of thiazole rings is 1. The van der Waals surface area contributed by atoms with E-state index < -0.39 is 0 Å². The molecule has 2 rings (SSSR count). The van der Waals surface area contributed by atoms with E-state index in [0.29, 0.717) is 0 Å². The molecule has 4 heteroatoms. The number of nitrogens with zero attached hydrogens (tertiary/aromatic N) is 2. The van der Waals surface area contributed by atoms with Crippen LogP contribution in [0.2, 0.25) is 0 Å². The summed E-state index contributed by atoms with van der Waals surface area (Å²) in [6.45, 7) is 6.08. The van der Waals surface area contributed by atoms with Crippen LogP contribution in [-0.4, -0.2) is 18.1 Å². The van der Waals surface area contributed by atoms with Crippen LogP contribution in [0, 0.1) is 0 Å². The Bertz CT molecular complexity index is 417. The highest BCUT2D eigenvalue weighted by atomic mass is 32.1. The Hall–Kier alpha value is -1.29. The molecule has 2 N–H and O–H groups in total. The molecular formula is C12H17N3S. The van der Waals surface area contributed by atoms with Gasteiger partial charge >= 0.3 is 0 Å². The second-order valence-corrected chi connectivity index (χ2v) is 4.86. The number of rotatable bonds is 2. The maximum Gasteiger partial charge on any atom is 0.185 e. The zero-order valence-corrected chi connectivity index (χ0v) is 10.5. The summed E-state index contributed by atoms with van der Waals surface area (Å²) >= 11 is 1.68. The van der Waals surface area contributed by atoms with E-state index in [0.717, 1.165) is 30.3 Å². The van der Waals surface area contributed by atoms with Crippen LogP contribution >= 0.6 is 11.3 Å². The molecule has 0 unspecified atom stereocenters. The Balaban J connectivity index is 2.21. The molecule has 1 aliphatic rings. The molecule has 3 nitrogen and oxygen atoms in total. The first-order valence-electron chi connectivity index (χ1n) is 5.47. The average molecular weight is 235 g/mol. The molecule has 0 radical (unpaired) electrons. The number of aromatic nitrogens is 1. The van der Waals surface area contributed by atoms with Crippen molar-refractivity contribution in [2.24, 2.45) is 5.73 Å². The largest absolute Gasteiger partial charge is 0.399 e. The fraction of sp³-hybridized carbons (Fsp3) is 0.417. The van der Waals surface area contributed by atoms with E-state index in [1.807, 2.05) is 24.6 Å². The second-order valence-electron chi connectivity index (χ2n) is 3.99. The van der Waals surface area contributed by atoms with Gasteiger partial charge in [-0.05, 0) is 25.8 Å². The normalized spacial score (nSPS) is 18.1. The number of nitrogens with two attached hydrogens (primary N) is 1. The van der Waals surface area contributed by atoms with Crippen LogP contribution in [0.15, 0.2) is 34.5 Å². The van der Waals surface area contributed by atoms with Gasteiger partial charge in [-0.2, -0.15) is 0 Å². The predicted octanol–water partition coefficient (Wildman–Crippen LogP) is 2.53. The minimum atomic E-state index is 0.884. The SMILES string of the molecule is C/C=C(\N)C1=C(C)CCN(c2nccs2)C1. The van der Waals surface area contributed by atoms with Gasteiger partial charge < -0.3 is 10.6 Å². The summed E-state index contributed by atoms with van der Waals surface area (Å²) in [7, 11) is 0. The Morgan fingerprint density at radius 2 is 2.44 bits per heavy atom. The Kier molecular flexibility index (Phi) is 3.29. The number of anilines is 1. The van der Waals surface area contributed by atoms with Gasteiger partial charge in [-0.25, -0.2) is 4.98 Å². The van der Waals surface area contributed by atoms with Crippen LogP contribution < -0.4 is 10.6 Å². The van der Waals surface area contributed by atoms with Gasteiger partial charge in [-0.3, -0.25) is 0 Å². The first-order chi connectivity index (χ1) is 7.72. The molecule has 0 bridgehead atoms. The Morgan fingerprint density at radius 1 is 1.62 bits per heavy atom. The third-order valence-electron chi connectivity index (χ3n) is 2.97. The van der Waals surface area contributed by atoms with Crippen molar-refractivity contribution in [3.05, 3.63) is 34.5 Å². The van der Waals surface area contributed by atoms with Crippen molar-refractivity contribution in [3.63, 3.8) is 0 Å². The Morgan fingerprint density at radius 3 is 3.06 bits per heavy atom. The van der Waals surface area contributed by atoms with E-state index in [9.17, 15) is 0 Å². The third kappa shape index (κ3) is 2.11. The standard InChI is InChI=1S/C12H17N3S/c1-3-11(13)10-8-15(6-4-9(10)2)12-14-5-7-16-12/h3,5,7H,4,6,8,13H2,1-2H3/b11-3-. The minimum absolute atomic E-state index is 0.884. The molecule has 0 fully saturated rings. The number of hydrogen-bond acceptors (Lipinski definition) is 4. The molecule has 16 heavy (non-hydrogen) atoms. The Labute approximate surface area is 100 Å². The minimum Gasteiger partial charge on any atom is -0.399 e. The predicted molar refractivity (Wildman–Crippen MR) is 69.6 cm³/mol. The van der Waals surface area contributed by atoms with Crippen molar-refractivity contribution in [2.75, 3.05) is 18.0 Å². The van der Waals surface area contributed by atoms with E-state index in [2.05, 4.69) is 16.8 Å². The molecule has 0 saturated carbocycles. The van der Waals surface area contributed by atoms with Crippen molar-refractivity contribution in [3.8, 4) is 0 Å². The van der Waals surface area contributed by atoms with Gasteiger partial charge in [-0.1, -0.05) is 11.6 Å². The van der Waals surface area contributed by atoms with Crippen LogP contribution in [-0.2, 0) is 0 Å². The fourth-order valence-corrected chi connectivity index (χ4v) is 2.58. The fourth-order valence-electron chi connectivity index (χ4n) is 1.91. The summed E-state index contributed by atoms with van der Waals surface area (Å²) in [6, 6.07) is 0. The maximum atomic E-state index is 6.01. The van der Waals surface area contributed by atoms with Crippen LogP contribution in [0.1, 0.15) is 20.3 Å². The number of allylic oxidation sites excluding steroid dienone is 1. The summed E-state index contributed by atoms with van der Waals surface area (Å²) in [5, 5.41) is 3.10. The number of hydrogen-bond donors (Lipinski definition) is 1. The molecule has 0 aliphatic carbocycles. The summed E-state index contributed by atoms with van der Waals surface area (Å²) in [5.41, 5.74) is 9.59. The van der Waals surface area contributed by atoms with Crippen LogP contribution in [0.5, 0.6) is 0 Å². The van der Waals surface area contributed by atoms with Crippen LogP contribution in [0.25, 0.3) is 0 Å². The summed E-state index contributed by atoms with van der Waals surface area (Å²) < 4.78 is 0. The average Bonchev–Trinajstić information content (AvgIpc) is 2.82. The quantitative estimate of drug-likeness (QED) is 0.856. The van der Waals surface area contributed by atoms with Gasteiger partial charge in [0.05, 0.1) is 0 Å². The summed E-state index contributed by atoms with van der Waals surface area (Å²) in [4.78, 5) is 6.64. The van der Waals surface area contributed by atoms with E-state index in [1.54, 1.807) is 11.3 Å². The van der Waals surface area contributed by atoms with E-state index in [-0.39, 0.29) is 0 Å². The first kappa shape index (κ1) is 11.2. The van der Waals surface area contributed by atoms with Crippen molar-refractivity contribution in [1.82, 2.24) is 4.98 Å². The van der Waals surface area contributed by atoms with Crippen LogP contribution in [0.4, 0.5) is 5.13 Å². The lowest BCUT2D eigenvalue weighted by Gasteiger charge is -2.29. The highest BCUT2D eigenvalue weighted by Crippen LogP contribution is 2.26. The van der Waals surface area contributed by atoms with Crippen molar-refractivity contribution >= 4 is 16.5 Å². The van der Waals surface area contributed by atoms with Gasteiger partial charge in [0.1, 0.15) is 0 Å². The summed E-state index contributed by atoms with van der Waals surface area (Å²) in [5.74, 6) is 0. The van der Waals surface area contributed by atoms with Crippen molar-refractivity contribution in [2.45, 2.75) is 20.3 Å². The van der Waals surface area contributed by atoms with Gasteiger partial charge in [0.15, 0.2) is 5.13 Å². The lowest BCUT2D eigenvalue weighted by atomic mass is 9.99. The molecule has 0 atom stereocenters. The lowest BCUT2D eigenvalue weighted by molar-refractivity contribution is 0.756. The summed E-state index contributed by atoms with van der Waals surface area (Å²) in [6.07, 6.45) is 4.90. The zero-order valence-electron chi connectivity index (χ0n) is 9.73. The molecule has 86 valence electrons. The molecule has 0 spiro atoms. The lowest BCUT2D eigenvalue weighted by Crippen LogP contribution is -2.32.